The molecule has 1 N–H and O–H groups in total. The molecular formula is C36H36N4O2S2. The summed E-state index contributed by atoms with van der Waals surface area (Å²) in [5.41, 5.74) is 6.93. The van der Waals surface area contributed by atoms with Crippen LogP contribution in [0.1, 0.15) is 60.7 Å². The molecule has 0 spiro atoms. The van der Waals surface area contributed by atoms with Gasteiger partial charge in [0.2, 0.25) is 5.91 Å². The molecule has 1 amide bonds. The second-order valence-corrected chi connectivity index (χ2v) is 14.4. The van der Waals surface area contributed by atoms with Gasteiger partial charge in [0.15, 0.2) is 0 Å². The fourth-order valence-electron chi connectivity index (χ4n) is 5.57. The Balaban J connectivity index is 1.36. The first-order valence-corrected chi connectivity index (χ1v) is 16.5. The first-order chi connectivity index (χ1) is 21.1. The molecule has 1 aliphatic rings. The maximum Gasteiger partial charge on any atom is 0.225 e. The number of amides is 1. The molecule has 224 valence electrons. The smallest absolute Gasteiger partial charge is 0.225 e. The highest BCUT2D eigenvalue weighted by Crippen LogP contribution is 2.44. The highest BCUT2D eigenvalue weighted by Gasteiger charge is 2.32. The summed E-state index contributed by atoms with van der Waals surface area (Å²) in [5.74, 6) is 1.59. The van der Waals surface area contributed by atoms with Crippen molar-refractivity contribution < 1.29 is 9.53 Å². The second-order valence-electron chi connectivity index (χ2n) is 12.2. The van der Waals surface area contributed by atoms with E-state index in [9.17, 15) is 15.3 Å². The third-order valence-corrected chi connectivity index (χ3v) is 10.4. The number of carbonyl (C=O) groups excluding carboxylic acids is 1. The van der Waals surface area contributed by atoms with Gasteiger partial charge in [-0.3, -0.25) is 4.79 Å². The van der Waals surface area contributed by atoms with Gasteiger partial charge in [0.1, 0.15) is 27.9 Å². The zero-order chi connectivity index (χ0) is 31.4. The highest BCUT2D eigenvalue weighted by molar-refractivity contribution is 7.99. The quantitative estimate of drug-likeness (QED) is 0.198. The number of rotatable bonds is 8. The number of nitrogens with one attached hydrogen (secondary N) is 1. The topological polar surface area (TPSA) is 98.8 Å². The van der Waals surface area contributed by atoms with E-state index in [-0.39, 0.29) is 17.7 Å². The first kappa shape index (κ1) is 31.3. The summed E-state index contributed by atoms with van der Waals surface area (Å²) in [6.07, 6.45) is 3.10. The van der Waals surface area contributed by atoms with Crippen LogP contribution in [0.15, 0.2) is 59.6 Å². The summed E-state index contributed by atoms with van der Waals surface area (Å²) in [6, 6.07) is 22.4. The van der Waals surface area contributed by atoms with Crippen LogP contribution >= 0.6 is 23.1 Å². The number of hydrogen-bond acceptors (Lipinski definition) is 7. The van der Waals surface area contributed by atoms with Crippen molar-refractivity contribution in [1.82, 2.24) is 4.98 Å². The average Bonchev–Trinajstić information content (AvgIpc) is 3.36. The zero-order valence-electron chi connectivity index (χ0n) is 25.8. The molecule has 2 aromatic heterocycles. The molecule has 5 rings (SSSR count). The number of aryl methyl sites for hydroxylation is 1. The Kier molecular flexibility index (Phi) is 9.44. The lowest BCUT2D eigenvalue weighted by Gasteiger charge is -2.33. The van der Waals surface area contributed by atoms with Crippen molar-refractivity contribution in [2.45, 2.75) is 58.4 Å². The Morgan fingerprint density at radius 1 is 1.07 bits per heavy atom. The van der Waals surface area contributed by atoms with Crippen LogP contribution < -0.4 is 10.1 Å². The van der Waals surface area contributed by atoms with Crippen LogP contribution in [0.25, 0.3) is 22.4 Å². The van der Waals surface area contributed by atoms with Crippen LogP contribution in [0.4, 0.5) is 5.00 Å². The SMILES string of the molecule is COc1ccc(-c2cc(-c3ccc(C)cc3)c(C#N)c(SCCC(=O)Nc3sc4c(c3C#N)CCC(C(C)(C)C)C4)n2)cc1. The van der Waals surface area contributed by atoms with Crippen molar-refractivity contribution in [1.29, 1.82) is 10.5 Å². The summed E-state index contributed by atoms with van der Waals surface area (Å²) < 4.78 is 5.32. The van der Waals surface area contributed by atoms with Gasteiger partial charge in [0.05, 0.1) is 23.9 Å². The fraction of sp³-hybridized carbons (Fsp3) is 0.333. The number of hydrogen-bond donors (Lipinski definition) is 1. The number of thioether (sulfide) groups is 1. The lowest BCUT2D eigenvalue weighted by atomic mass is 9.72. The van der Waals surface area contributed by atoms with Crippen LogP contribution in [0.5, 0.6) is 5.75 Å². The van der Waals surface area contributed by atoms with Crippen molar-refractivity contribution in [3.8, 4) is 40.3 Å². The van der Waals surface area contributed by atoms with Crippen LogP contribution in [0, 0.1) is 40.9 Å². The molecule has 0 fully saturated rings. The van der Waals surface area contributed by atoms with Crippen molar-refractivity contribution in [3.05, 3.63) is 81.7 Å². The molecule has 0 saturated carbocycles. The molecule has 0 radical (unpaired) electrons. The normalized spacial score (nSPS) is 14.3. The average molecular weight is 621 g/mol. The molecule has 0 aliphatic heterocycles. The Morgan fingerprint density at radius 2 is 1.75 bits per heavy atom. The number of nitriles is 2. The highest BCUT2D eigenvalue weighted by atomic mass is 32.2. The van der Waals surface area contributed by atoms with E-state index < -0.39 is 0 Å². The van der Waals surface area contributed by atoms with E-state index in [2.05, 4.69) is 38.2 Å². The number of methoxy groups -OCH3 is 1. The van der Waals surface area contributed by atoms with Gasteiger partial charge < -0.3 is 10.1 Å². The van der Waals surface area contributed by atoms with Crippen LogP contribution in [0.3, 0.4) is 0 Å². The molecule has 8 heteroatoms. The molecule has 2 aromatic carbocycles. The van der Waals surface area contributed by atoms with Gasteiger partial charge in [-0.2, -0.15) is 10.5 Å². The number of ether oxygens (including phenoxy) is 1. The van der Waals surface area contributed by atoms with Gasteiger partial charge in [-0.25, -0.2) is 4.98 Å². The maximum atomic E-state index is 13.1. The van der Waals surface area contributed by atoms with Crippen molar-refractivity contribution in [2.24, 2.45) is 11.3 Å². The number of fused-ring (bicyclic) bond motifs is 1. The van der Waals surface area contributed by atoms with E-state index in [1.54, 1.807) is 18.4 Å². The number of anilines is 1. The summed E-state index contributed by atoms with van der Waals surface area (Å²) >= 11 is 2.95. The van der Waals surface area contributed by atoms with Crippen molar-refractivity contribution >= 4 is 34.0 Å². The minimum Gasteiger partial charge on any atom is -0.497 e. The molecule has 0 saturated heterocycles. The Bertz CT molecular complexity index is 1750. The fourth-order valence-corrected chi connectivity index (χ4v) is 7.80. The van der Waals surface area contributed by atoms with Crippen molar-refractivity contribution in [2.75, 3.05) is 18.2 Å². The minimum atomic E-state index is -0.149. The van der Waals surface area contributed by atoms with Gasteiger partial charge in [-0.15, -0.1) is 23.1 Å². The zero-order valence-corrected chi connectivity index (χ0v) is 27.4. The molecule has 44 heavy (non-hydrogen) atoms. The molecule has 0 bridgehead atoms. The minimum absolute atomic E-state index is 0.149. The van der Waals surface area contributed by atoms with Crippen molar-refractivity contribution in [3.63, 3.8) is 0 Å². The van der Waals surface area contributed by atoms with Crippen LogP contribution in [-0.2, 0) is 17.6 Å². The van der Waals surface area contributed by atoms with Gasteiger partial charge in [-0.1, -0.05) is 50.6 Å². The molecule has 2 heterocycles. The third kappa shape index (κ3) is 6.83. The van der Waals surface area contributed by atoms with E-state index in [1.807, 2.05) is 61.5 Å². The number of thiophene rings is 1. The standard InChI is InChI=1S/C36H36N4O2S2/c1-22-6-8-23(9-7-22)28-19-31(24-10-13-26(42-5)14-11-24)39-34(30(28)21-38)43-17-16-33(41)40-35-29(20-37)27-15-12-25(36(2,3)4)18-32(27)44-35/h6-11,13-14,19,25H,12,15-18H2,1-5H3,(H,40,41). The number of nitrogens with zero attached hydrogens (tertiary/aromatic N) is 3. The van der Waals surface area contributed by atoms with E-state index in [1.165, 1.54) is 16.6 Å². The lowest BCUT2D eigenvalue weighted by molar-refractivity contribution is -0.115. The molecule has 1 unspecified atom stereocenters. The monoisotopic (exact) mass is 620 g/mol. The Hall–Kier alpha value is -4.11. The molecule has 1 aliphatic carbocycles. The van der Waals surface area contributed by atoms with E-state index in [0.29, 0.717) is 32.8 Å². The maximum absolute atomic E-state index is 13.1. The predicted molar refractivity (Wildman–Crippen MR) is 179 cm³/mol. The number of carbonyl (C=O) groups is 1. The Labute approximate surface area is 268 Å². The van der Waals surface area contributed by atoms with Gasteiger partial charge in [0.25, 0.3) is 0 Å². The van der Waals surface area contributed by atoms with Crippen LogP contribution in [-0.4, -0.2) is 23.8 Å². The molecular weight excluding hydrogens is 585 g/mol. The second kappa shape index (κ2) is 13.3. The number of aromatic nitrogens is 1. The van der Waals surface area contributed by atoms with E-state index in [0.717, 1.165) is 58.5 Å². The summed E-state index contributed by atoms with van der Waals surface area (Å²) in [6.45, 7) is 8.84. The Morgan fingerprint density at radius 3 is 2.39 bits per heavy atom. The molecule has 6 nitrogen and oxygen atoms in total. The number of benzene rings is 2. The summed E-state index contributed by atoms with van der Waals surface area (Å²) in [5, 5.41) is 24.4. The largest absolute Gasteiger partial charge is 0.497 e. The summed E-state index contributed by atoms with van der Waals surface area (Å²) in [7, 11) is 1.63. The number of pyridine rings is 1. The third-order valence-electron chi connectivity index (χ3n) is 8.27. The molecule has 1 atom stereocenters. The van der Waals surface area contributed by atoms with Gasteiger partial charge >= 0.3 is 0 Å². The lowest BCUT2D eigenvalue weighted by Crippen LogP contribution is -2.26. The van der Waals surface area contributed by atoms with E-state index >= 15 is 0 Å². The molecule has 4 aromatic rings. The first-order valence-electron chi connectivity index (χ1n) is 14.7. The predicted octanol–water partition coefficient (Wildman–Crippen LogP) is 8.81. The van der Waals surface area contributed by atoms with Gasteiger partial charge in [0, 0.05) is 28.2 Å². The summed E-state index contributed by atoms with van der Waals surface area (Å²) in [4.78, 5) is 19.2. The van der Waals surface area contributed by atoms with Crippen LogP contribution in [0.2, 0.25) is 0 Å². The van der Waals surface area contributed by atoms with Gasteiger partial charge in [-0.05, 0) is 79.0 Å². The van der Waals surface area contributed by atoms with E-state index in [4.69, 9.17) is 9.72 Å².